The third kappa shape index (κ3) is 2.79. The Morgan fingerprint density at radius 1 is 1.56 bits per heavy atom. The molecule has 1 aromatic carbocycles. The first kappa shape index (κ1) is 12.8. The van der Waals surface area contributed by atoms with E-state index in [1.54, 1.807) is 19.1 Å². The molecule has 98 valence electrons. The van der Waals surface area contributed by atoms with Gasteiger partial charge in [0.15, 0.2) is 0 Å². The topological polar surface area (TPSA) is 58.4 Å². The molecule has 18 heavy (non-hydrogen) atoms. The van der Waals surface area contributed by atoms with Gasteiger partial charge >= 0.3 is 0 Å². The molecule has 1 saturated heterocycles. The maximum absolute atomic E-state index is 10.7. The maximum Gasteiger partial charge on any atom is 0.272 e. The lowest BCUT2D eigenvalue weighted by atomic mass is 10.1. The lowest BCUT2D eigenvalue weighted by Crippen LogP contribution is -2.31. The van der Waals surface area contributed by atoms with Gasteiger partial charge in [0.25, 0.3) is 5.69 Å². The second kappa shape index (κ2) is 5.35. The zero-order valence-corrected chi connectivity index (χ0v) is 10.8. The van der Waals surface area contributed by atoms with Gasteiger partial charge < -0.3 is 10.2 Å². The Morgan fingerprint density at radius 3 is 2.89 bits per heavy atom. The van der Waals surface area contributed by atoms with Crippen molar-refractivity contribution >= 4 is 11.4 Å². The van der Waals surface area contributed by atoms with Gasteiger partial charge in [-0.2, -0.15) is 0 Å². The van der Waals surface area contributed by atoms with Crippen LogP contribution in [0.1, 0.15) is 18.4 Å². The number of likely N-dealkylation sites (tertiary alicyclic amines) is 1. The molecule has 1 aromatic rings. The van der Waals surface area contributed by atoms with E-state index in [9.17, 15) is 10.1 Å². The molecular weight excluding hydrogens is 230 g/mol. The van der Waals surface area contributed by atoms with Crippen molar-refractivity contribution in [3.05, 3.63) is 33.9 Å². The SMILES string of the molecule is Cc1cc(NCC2CCCN2C)ccc1[N+](=O)[O-]. The van der Waals surface area contributed by atoms with Gasteiger partial charge in [0.1, 0.15) is 0 Å². The first-order valence-electron chi connectivity index (χ1n) is 6.27. The van der Waals surface area contributed by atoms with Gasteiger partial charge in [-0.15, -0.1) is 0 Å². The molecule has 0 amide bonds. The molecule has 0 saturated carbocycles. The number of nitrogens with zero attached hydrogens (tertiary/aromatic N) is 2. The molecule has 0 radical (unpaired) electrons. The van der Waals surface area contributed by atoms with Gasteiger partial charge in [0.05, 0.1) is 4.92 Å². The minimum atomic E-state index is -0.343. The summed E-state index contributed by atoms with van der Waals surface area (Å²) in [5.74, 6) is 0. The molecule has 0 spiro atoms. The van der Waals surface area contributed by atoms with E-state index in [-0.39, 0.29) is 10.6 Å². The van der Waals surface area contributed by atoms with Crippen molar-refractivity contribution < 1.29 is 4.92 Å². The van der Waals surface area contributed by atoms with Crippen LogP contribution in [-0.4, -0.2) is 36.0 Å². The number of nitrogens with one attached hydrogen (secondary N) is 1. The molecule has 5 heteroatoms. The largest absolute Gasteiger partial charge is 0.383 e. The van der Waals surface area contributed by atoms with Crippen LogP contribution < -0.4 is 5.32 Å². The summed E-state index contributed by atoms with van der Waals surface area (Å²) in [7, 11) is 2.14. The summed E-state index contributed by atoms with van der Waals surface area (Å²) in [6, 6.07) is 5.75. The summed E-state index contributed by atoms with van der Waals surface area (Å²) in [4.78, 5) is 12.7. The molecule has 1 fully saturated rings. The number of nitro groups is 1. The van der Waals surface area contributed by atoms with Crippen LogP contribution in [0, 0.1) is 17.0 Å². The number of hydrogen-bond acceptors (Lipinski definition) is 4. The van der Waals surface area contributed by atoms with Crippen molar-refractivity contribution in [2.45, 2.75) is 25.8 Å². The van der Waals surface area contributed by atoms with E-state index < -0.39 is 0 Å². The van der Waals surface area contributed by atoms with E-state index >= 15 is 0 Å². The Hall–Kier alpha value is -1.62. The first-order valence-corrected chi connectivity index (χ1v) is 6.27. The van der Waals surface area contributed by atoms with Crippen molar-refractivity contribution in [1.29, 1.82) is 0 Å². The van der Waals surface area contributed by atoms with E-state index in [0.717, 1.165) is 18.8 Å². The van der Waals surface area contributed by atoms with E-state index in [2.05, 4.69) is 17.3 Å². The second-order valence-electron chi connectivity index (χ2n) is 4.92. The van der Waals surface area contributed by atoms with Gasteiger partial charge in [-0.3, -0.25) is 10.1 Å². The lowest BCUT2D eigenvalue weighted by Gasteiger charge is -2.20. The molecule has 1 aliphatic rings. The summed E-state index contributed by atoms with van der Waals surface area (Å²) in [6.45, 7) is 3.82. The lowest BCUT2D eigenvalue weighted by molar-refractivity contribution is -0.385. The van der Waals surface area contributed by atoms with Crippen LogP contribution >= 0.6 is 0 Å². The smallest absolute Gasteiger partial charge is 0.272 e. The monoisotopic (exact) mass is 249 g/mol. The van der Waals surface area contributed by atoms with E-state index in [1.165, 1.54) is 12.8 Å². The molecule has 1 N–H and O–H groups in total. The molecule has 1 atom stereocenters. The average molecular weight is 249 g/mol. The molecule has 1 aliphatic heterocycles. The molecule has 5 nitrogen and oxygen atoms in total. The summed E-state index contributed by atoms with van der Waals surface area (Å²) in [6.07, 6.45) is 2.47. The highest BCUT2D eigenvalue weighted by Crippen LogP contribution is 2.22. The minimum absolute atomic E-state index is 0.179. The molecule has 1 heterocycles. The fraction of sp³-hybridized carbons (Fsp3) is 0.538. The van der Waals surface area contributed by atoms with Crippen LogP contribution in [0.2, 0.25) is 0 Å². The van der Waals surface area contributed by atoms with E-state index in [1.807, 2.05) is 6.07 Å². The van der Waals surface area contributed by atoms with Crippen LogP contribution in [0.25, 0.3) is 0 Å². The number of hydrogen-bond donors (Lipinski definition) is 1. The Kier molecular flexibility index (Phi) is 3.81. The number of anilines is 1. The summed E-state index contributed by atoms with van der Waals surface area (Å²) < 4.78 is 0. The van der Waals surface area contributed by atoms with Crippen LogP contribution in [0.3, 0.4) is 0 Å². The van der Waals surface area contributed by atoms with Gasteiger partial charge in [-0.1, -0.05) is 0 Å². The third-order valence-corrected chi connectivity index (χ3v) is 3.61. The highest BCUT2D eigenvalue weighted by atomic mass is 16.6. The molecular formula is C13H19N3O2. The Labute approximate surface area is 107 Å². The van der Waals surface area contributed by atoms with Crippen LogP contribution in [0.15, 0.2) is 18.2 Å². The summed E-state index contributed by atoms with van der Waals surface area (Å²) >= 11 is 0. The first-order chi connectivity index (χ1) is 8.58. The van der Waals surface area contributed by atoms with Crippen molar-refractivity contribution in [3.8, 4) is 0 Å². The van der Waals surface area contributed by atoms with Gasteiger partial charge in [0, 0.05) is 29.9 Å². The second-order valence-corrected chi connectivity index (χ2v) is 4.92. The molecule has 0 aromatic heterocycles. The van der Waals surface area contributed by atoms with Crippen molar-refractivity contribution in [3.63, 3.8) is 0 Å². The average Bonchev–Trinajstić information content (AvgIpc) is 2.72. The predicted molar refractivity (Wildman–Crippen MR) is 72.0 cm³/mol. The maximum atomic E-state index is 10.7. The highest BCUT2D eigenvalue weighted by Gasteiger charge is 2.20. The van der Waals surface area contributed by atoms with Gasteiger partial charge in [-0.25, -0.2) is 0 Å². The number of rotatable bonds is 4. The quantitative estimate of drug-likeness (QED) is 0.657. The number of likely N-dealkylation sites (N-methyl/N-ethyl adjacent to an activating group) is 1. The fourth-order valence-corrected chi connectivity index (χ4v) is 2.44. The van der Waals surface area contributed by atoms with Crippen molar-refractivity contribution in [2.24, 2.45) is 0 Å². The van der Waals surface area contributed by atoms with Crippen molar-refractivity contribution in [1.82, 2.24) is 4.90 Å². The highest BCUT2D eigenvalue weighted by molar-refractivity contribution is 5.53. The summed E-state index contributed by atoms with van der Waals surface area (Å²) in [5, 5.41) is 14.1. The molecule has 0 bridgehead atoms. The number of nitro benzene ring substituents is 1. The Balaban J connectivity index is 1.98. The number of benzene rings is 1. The number of aryl methyl sites for hydroxylation is 1. The zero-order valence-electron chi connectivity index (χ0n) is 10.8. The van der Waals surface area contributed by atoms with Crippen molar-refractivity contribution in [2.75, 3.05) is 25.5 Å². The van der Waals surface area contributed by atoms with E-state index in [0.29, 0.717) is 11.6 Å². The van der Waals surface area contributed by atoms with E-state index in [4.69, 9.17) is 0 Å². The van der Waals surface area contributed by atoms with Gasteiger partial charge in [-0.05, 0) is 45.5 Å². The normalized spacial score (nSPS) is 20.0. The molecule has 0 aliphatic carbocycles. The zero-order chi connectivity index (χ0) is 13.1. The Bertz CT molecular complexity index is 448. The minimum Gasteiger partial charge on any atom is -0.383 e. The van der Waals surface area contributed by atoms with Crippen LogP contribution in [0.4, 0.5) is 11.4 Å². The Morgan fingerprint density at radius 2 is 2.33 bits per heavy atom. The fourth-order valence-electron chi connectivity index (χ4n) is 2.44. The van der Waals surface area contributed by atoms with Gasteiger partial charge in [0.2, 0.25) is 0 Å². The van der Waals surface area contributed by atoms with Crippen LogP contribution in [-0.2, 0) is 0 Å². The summed E-state index contributed by atoms with van der Waals surface area (Å²) in [5.41, 5.74) is 1.83. The standard InChI is InChI=1S/C13H19N3O2/c1-10-8-11(5-6-13(10)16(17)18)14-9-12-4-3-7-15(12)2/h5-6,8,12,14H,3-4,7,9H2,1-2H3. The van der Waals surface area contributed by atoms with Crippen LogP contribution in [0.5, 0.6) is 0 Å². The molecule has 1 unspecified atom stereocenters. The predicted octanol–water partition coefficient (Wildman–Crippen LogP) is 2.41. The third-order valence-electron chi connectivity index (χ3n) is 3.61. The molecule has 2 rings (SSSR count).